The molecule has 19 heavy (non-hydrogen) atoms. The highest BCUT2D eigenvalue weighted by atomic mass is 32.1. The summed E-state index contributed by atoms with van der Waals surface area (Å²) in [5, 5.41) is 4.16. The number of aryl methyl sites for hydroxylation is 1. The van der Waals surface area contributed by atoms with E-state index in [4.69, 9.17) is 4.74 Å². The molecule has 0 saturated carbocycles. The number of nitrogens with zero attached hydrogens (tertiary/aromatic N) is 3. The number of hydrogen-bond acceptors (Lipinski definition) is 6. The van der Waals surface area contributed by atoms with Gasteiger partial charge in [0.05, 0.1) is 12.3 Å². The Hall–Kier alpha value is -1.37. The molecule has 0 aliphatic rings. The van der Waals surface area contributed by atoms with Crippen molar-refractivity contribution in [1.29, 1.82) is 0 Å². The Balaban J connectivity index is 2.27. The minimum absolute atomic E-state index is 0.517. The van der Waals surface area contributed by atoms with E-state index in [-0.39, 0.29) is 0 Å². The van der Waals surface area contributed by atoms with E-state index in [1.54, 1.807) is 18.4 Å². The number of rotatable bonds is 6. The molecular weight excluding hydrogens is 260 g/mol. The topological polar surface area (TPSA) is 59.9 Å². The smallest absolute Gasteiger partial charge is 0.188 e. The van der Waals surface area contributed by atoms with Gasteiger partial charge in [-0.15, -0.1) is 11.3 Å². The summed E-state index contributed by atoms with van der Waals surface area (Å²) in [7, 11) is 1.68. The number of aromatic nitrogens is 3. The van der Waals surface area contributed by atoms with Crippen LogP contribution in [-0.4, -0.2) is 28.6 Å². The standard InChI is InChI=1S/C13H18N4OS/c1-4-14-7-11-10(8-18-3)17-13(19-11)12-15-5-9(2)6-16-12/h5-6,14H,4,7-8H2,1-3H3. The number of methoxy groups -OCH3 is 1. The van der Waals surface area contributed by atoms with Crippen molar-refractivity contribution in [3.63, 3.8) is 0 Å². The maximum absolute atomic E-state index is 5.19. The first kappa shape index (κ1) is 14.0. The Labute approximate surface area is 117 Å². The van der Waals surface area contributed by atoms with Gasteiger partial charge in [0.15, 0.2) is 10.8 Å². The van der Waals surface area contributed by atoms with Crippen molar-refractivity contribution >= 4 is 11.3 Å². The van der Waals surface area contributed by atoms with Gasteiger partial charge in [0, 0.05) is 30.9 Å². The Morgan fingerprint density at radius 1 is 1.32 bits per heavy atom. The van der Waals surface area contributed by atoms with E-state index in [0.29, 0.717) is 12.4 Å². The van der Waals surface area contributed by atoms with Gasteiger partial charge >= 0.3 is 0 Å². The van der Waals surface area contributed by atoms with Crippen molar-refractivity contribution in [3.8, 4) is 10.8 Å². The average molecular weight is 278 g/mol. The largest absolute Gasteiger partial charge is 0.378 e. The lowest BCUT2D eigenvalue weighted by molar-refractivity contribution is 0.181. The zero-order valence-corrected chi connectivity index (χ0v) is 12.3. The van der Waals surface area contributed by atoms with Crippen molar-refractivity contribution < 1.29 is 4.74 Å². The fourth-order valence-corrected chi connectivity index (χ4v) is 2.59. The molecule has 0 aliphatic carbocycles. The molecule has 0 atom stereocenters. The Morgan fingerprint density at radius 2 is 2.05 bits per heavy atom. The average Bonchev–Trinajstić information content (AvgIpc) is 2.81. The number of ether oxygens (including phenoxy) is 1. The molecule has 0 radical (unpaired) electrons. The molecule has 1 N–H and O–H groups in total. The van der Waals surface area contributed by atoms with Crippen molar-refractivity contribution in [2.24, 2.45) is 0 Å². The molecule has 0 unspecified atom stereocenters. The molecule has 0 fully saturated rings. The molecule has 0 bridgehead atoms. The van der Waals surface area contributed by atoms with Crippen LogP contribution >= 0.6 is 11.3 Å². The fourth-order valence-electron chi connectivity index (χ4n) is 1.61. The SMILES string of the molecule is CCNCc1sc(-c2ncc(C)cn2)nc1COC. The molecule has 2 heterocycles. The highest BCUT2D eigenvalue weighted by Crippen LogP contribution is 2.26. The highest BCUT2D eigenvalue weighted by Gasteiger charge is 2.13. The predicted molar refractivity (Wildman–Crippen MR) is 76.0 cm³/mol. The van der Waals surface area contributed by atoms with Crippen LogP contribution in [0.2, 0.25) is 0 Å². The molecule has 0 spiro atoms. The second kappa shape index (κ2) is 6.70. The minimum atomic E-state index is 0.517. The van der Waals surface area contributed by atoms with E-state index in [1.807, 2.05) is 19.3 Å². The van der Waals surface area contributed by atoms with Gasteiger partial charge in [-0.25, -0.2) is 15.0 Å². The van der Waals surface area contributed by atoms with Gasteiger partial charge in [-0.05, 0) is 19.0 Å². The van der Waals surface area contributed by atoms with E-state index in [9.17, 15) is 0 Å². The van der Waals surface area contributed by atoms with E-state index in [0.717, 1.165) is 29.4 Å². The number of hydrogen-bond donors (Lipinski definition) is 1. The molecule has 2 aromatic rings. The summed E-state index contributed by atoms with van der Waals surface area (Å²) in [6, 6.07) is 0. The number of nitrogens with one attached hydrogen (secondary N) is 1. The quantitative estimate of drug-likeness (QED) is 0.877. The normalized spacial score (nSPS) is 10.9. The van der Waals surface area contributed by atoms with Crippen molar-refractivity contribution in [2.75, 3.05) is 13.7 Å². The van der Waals surface area contributed by atoms with E-state index >= 15 is 0 Å². The van der Waals surface area contributed by atoms with Crippen LogP contribution in [0.5, 0.6) is 0 Å². The lowest BCUT2D eigenvalue weighted by Gasteiger charge is -2.00. The Kier molecular flexibility index (Phi) is 4.95. The summed E-state index contributed by atoms with van der Waals surface area (Å²) in [6.07, 6.45) is 3.62. The first-order valence-corrected chi connectivity index (χ1v) is 7.03. The molecule has 5 nitrogen and oxygen atoms in total. The molecule has 2 aromatic heterocycles. The van der Waals surface area contributed by atoms with Gasteiger partial charge in [-0.2, -0.15) is 0 Å². The second-order valence-corrected chi connectivity index (χ2v) is 5.27. The van der Waals surface area contributed by atoms with Crippen LogP contribution in [0.3, 0.4) is 0 Å². The molecule has 0 saturated heterocycles. The maximum Gasteiger partial charge on any atom is 0.188 e. The summed E-state index contributed by atoms with van der Waals surface area (Å²) >= 11 is 1.62. The molecule has 0 aromatic carbocycles. The Bertz CT molecular complexity index is 524. The third kappa shape index (κ3) is 3.56. The van der Waals surface area contributed by atoms with E-state index in [2.05, 4.69) is 27.2 Å². The summed E-state index contributed by atoms with van der Waals surface area (Å²) in [4.78, 5) is 14.4. The van der Waals surface area contributed by atoms with Crippen molar-refractivity contribution in [1.82, 2.24) is 20.3 Å². The lowest BCUT2D eigenvalue weighted by Crippen LogP contribution is -2.12. The summed E-state index contributed by atoms with van der Waals surface area (Å²) in [6.45, 7) is 6.31. The van der Waals surface area contributed by atoms with Crippen LogP contribution in [0.15, 0.2) is 12.4 Å². The summed E-state index contributed by atoms with van der Waals surface area (Å²) < 4.78 is 5.19. The zero-order chi connectivity index (χ0) is 13.7. The fraction of sp³-hybridized carbons (Fsp3) is 0.462. The molecular formula is C13H18N4OS. The molecule has 0 amide bonds. The van der Waals surface area contributed by atoms with Gasteiger partial charge < -0.3 is 10.1 Å². The highest BCUT2D eigenvalue weighted by molar-refractivity contribution is 7.15. The zero-order valence-electron chi connectivity index (χ0n) is 11.4. The van der Waals surface area contributed by atoms with Crippen molar-refractivity contribution in [3.05, 3.63) is 28.5 Å². The third-order valence-electron chi connectivity index (χ3n) is 2.57. The first-order chi connectivity index (χ1) is 9.24. The van der Waals surface area contributed by atoms with Gasteiger partial charge in [-0.1, -0.05) is 6.92 Å². The summed E-state index contributed by atoms with van der Waals surface area (Å²) in [5.41, 5.74) is 2.01. The van der Waals surface area contributed by atoms with Crippen molar-refractivity contribution in [2.45, 2.75) is 27.0 Å². The minimum Gasteiger partial charge on any atom is -0.378 e. The predicted octanol–water partition coefficient (Wildman–Crippen LogP) is 2.16. The lowest BCUT2D eigenvalue weighted by atomic mass is 10.3. The van der Waals surface area contributed by atoms with Gasteiger partial charge in [-0.3, -0.25) is 0 Å². The van der Waals surface area contributed by atoms with Crippen LogP contribution < -0.4 is 5.32 Å². The maximum atomic E-state index is 5.19. The molecule has 2 rings (SSSR count). The molecule has 102 valence electrons. The monoisotopic (exact) mass is 278 g/mol. The van der Waals surface area contributed by atoms with Gasteiger partial charge in [0.1, 0.15) is 0 Å². The third-order valence-corrected chi connectivity index (χ3v) is 3.66. The van der Waals surface area contributed by atoms with Crippen LogP contribution in [0, 0.1) is 6.92 Å². The van der Waals surface area contributed by atoms with Crippen LogP contribution in [-0.2, 0) is 17.9 Å². The molecule has 6 heteroatoms. The van der Waals surface area contributed by atoms with E-state index < -0.39 is 0 Å². The van der Waals surface area contributed by atoms with Crippen LogP contribution in [0.25, 0.3) is 10.8 Å². The second-order valence-electron chi connectivity index (χ2n) is 4.19. The van der Waals surface area contributed by atoms with E-state index in [1.165, 1.54) is 4.88 Å². The van der Waals surface area contributed by atoms with Gasteiger partial charge in [0.25, 0.3) is 0 Å². The van der Waals surface area contributed by atoms with Gasteiger partial charge in [0.2, 0.25) is 0 Å². The van der Waals surface area contributed by atoms with Crippen LogP contribution in [0.1, 0.15) is 23.1 Å². The first-order valence-electron chi connectivity index (χ1n) is 6.21. The van der Waals surface area contributed by atoms with Crippen LogP contribution in [0.4, 0.5) is 0 Å². The Morgan fingerprint density at radius 3 is 2.68 bits per heavy atom. The molecule has 0 aliphatic heterocycles. The summed E-state index contributed by atoms with van der Waals surface area (Å²) in [5.74, 6) is 0.677. The number of thiazole rings is 1.